The number of carbonyl (C=O) groups excluding carboxylic acids is 1. The van der Waals surface area contributed by atoms with E-state index in [1.54, 1.807) is 16.7 Å². The van der Waals surface area contributed by atoms with Crippen LogP contribution in [0.2, 0.25) is 0 Å². The van der Waals surface area contributed by atoms with Crippen molar-refractivity contribution in [1.82, 2.24) is 5.32 Å². The Kier molecular flexibility index (Phi) is 7.72. The summed E-state index contributed by atoms with van der Waals surface area (Å²) in [5.41, 5.74) is 0.919. The second-order valence-electron chi connectivity index (χ2n) is 4.92. The van der Waals surface area contributed by atoms with E-state index in [0.717, 1.165) is 22.8 Å². The van der Waals surface area contributed by atoms with E-state index in [9.17, 15) is 9.59 Å². The monoisotopic (exact) mass is 344 g/mol. The highest BCUT2D eigenvalue weighted by Crippen LogP contribution is 2.34. The number of fused-ring (bicyclic) bond motifs is 1. The fourth-order valence-corrected chi connectivity index (χ4v) is 3.33. The van der Waals surface area contributed by atoms with Gasteiger partial charge in [-0.2, -0.15) is 0 Å². The molecule has 0 saturated heterocycles. The molecule has 0 saturated carbocycles. The molecule has 0 radical (unpaired) electrons. The quantitative estimate of drug-likeness (QED) is 0.829. The molecule has 0 spiro atoms. The van der Waals surface area contributed by atoms with Crippen LogP contribution in [0.4, 0.5) is 5.69 Å². The van der Waals surface area contributed by atoms with Crippen LogP contribution in [0.3, 0.4) is 0 Å². The van der Waals surface area contributed by atoms with Gasteiger partial charge in [-0.1, -0.05) is 25.5 Å². The van der Waals surface area contributed by atoms with Gasteiger partial charge in [0.05, 0.1) is 12.2 Å². The topological polar surface area (TPSA) is 69.6 Å². The number of nitrogens with one attached hydrogen (secondary N) is 1. The summed E-state index contributed by atoms with van der Waals surface area (Å²) in [7, 11) is 0. The first-order valence-electron chi connectivity index (χ1n) is 7.12. The van der Waals surface area contributed by atoms with E-state index in [1.165, 1.54) is 0 Å². The number of rotatable bonds is 6. The second kappa shape index (κ2) is 9.02. The van der Waals surface area contributed by atoms with Crippen molar-refractivity contribution in [3.8, 4) is 0 Å². The molecular formula is C15H21ClN2O3S. The van der Waals surface area contributed by atoms with E-state index in [-0.39, 0.29) is 24.9 Å². The number of halogens is 1. The van der Waals surface area contributed by atoms with Crippen LogP contribution in [0.1, 0.15) is 19.8 Å². The number of amides is 1. The molecule has 0 aliphatic carbocycles. The maximum atomic E-state index is 12.4. The molecule has 5 nitrogen and oxygen atoms in total. The normalized spacial score (nSPS) is 14.7. The van der Waals surface area contributed by atoms with Crippen molar-refractivity contribution in [2.75, 3.05) is 23.7 Å². The number of thioether (sulfide) groups is 1. The third-order valence-electron chi connectivity index (χ3n) is 3.40. The number of para-hydroxylation sites is 1. The van der Waals surface area contributed by atoms with E-state index in [4.69, 9.17) is 5.11 Å². The Morgan fingerprint density at radius 3 is 2.82 bits per heavy atom. The average molecular weight is 345 g/mol. The molecule has 1 aliphatic rings. The first kappa shape index (κ1) is 18.8. The van der Waals surface area contributed by atoms with Crippen molar-refractivity contribution in [3.63, 3.8) is 0 Å². The van der Waals surface area contributed by atoms with Gasteiger partial charge in [-0.25, -0.2) is 0 Å². The minimum atomic E-state index is -0.903. The summed E-state index contributed by atoms with van der Waals surface area (Å²) in [6, 6.07) is 7.15. The molecule has 0 bridgehead atoms. The summed E-state index contributed by atoms with van der Waals surface area (Å²) in [4.78, 5) is 26.3. The molecule has 1 aliphatic heterocycles. The molecule has 1 aromatic carbocycles. The van der Waals surface area contributed by atoms with Gasteiger partial charge >= 0.3 is 5.97 Å². The largest absolute Gasteiger partial charge is 0.480 e. The van der Waals surface area contributed by atoms with Crippen LogP contribution in [0.5, 0.6) is 0 Å². The number of benzene rings is 1. The molecule has 0 aromatic heterocycles. The van der Waals surface area contributed by atoms with Crippen molar-refractivity contribution in [2.45, 2.75) is 30.7 Å². The summed E-state index contributed by atoms with van der Waals surface area (Å²) in [6.07, 6.45) is 1.29. The number of carbonyl (C=O) groups is 2. The number of carboxylic acid groups (broad SMARTS) is 1. The van der Waals surface area contributed by atoms with Gasteiger partial charge in [-0.15, -0.1) is 24.2 Å². The minimum Gasteiger partial charge on any atom is -0.480 e. The first-order chi connectivity index (χ1) is 10.1. The highest BCUT2D eigenvalue weighted by molar-refractivity contribution is 7.99. The van der Waals surface area contributed by atoms with Crippen LogP contribution in [-0.4, -0.2) is 41.9 Å². The zero-order valence-corrected chi connectivity index (χ0v) is 14.1. The molecule has 1 heterocycles. The zero-order valence-electron chi connectivity index (χ0n) is 12.4. The lowest BCUT2D eigenvalue weighted by molar-refractivity contribution is -0.139. The van der Waals surface area contributed by atoms with E-state index in [0.29, 0.717) is 13.0 Å². The highest BCUT2D eigenvalue weighted by Gasteiger charge is 2.24. The summed E-state index contributed by atoms with van der Waals surface area (Å²) in [5.74, 6) is -0.121. The van der Waals surface area contributed by atoms with Gasteiger partial charge in [0.1, 0.15) is 6.04 Å². The third kappa shape index (κ3) is 4.63. The lowest BCUT2D eigenvalue weighted by Gasteiger charge is -2.29. The van der Waals surface area contributed by atoms with Crippen molar-refractivity contribution >= 4 is 41.7 Å². The lowest BCUT2D eigenvalue weighted by atomic mass is 10.1. The Morgan fingerprint density at radius 1 is 1.41 bits per heavy atom. The van der Waals surface area contributed by atoms with E-state index in [2.05, 4.69) is 5.32 Å². The molecule has 1 aromatic rings. The number of aliphatic carboxylic acids is 1. The molecule has 122 valence electrons. The van der Waals surface area contributed by atoms with Crippen molar-refractivity contribution in [1.29, 1.82) is 0 Å². The first-order valence-corrected chi connectivity index (χ1v) is 8.10. The van der Waals surface area contributed by atoms with Gasteiger partial charge in [-0.3, -0.25) is 14.9 Å². The predicted molar refractivity (Wildman–Crippen MR) is 91.1 cm³/mol. The summed E-state index contributed by atoms with van der Waals surface area (Å²) in [6.45, 7) is 2.64. The van der Waals surface area contributed by atoms with Crippen LogP contribution in [-0.2, 0) is 9.59 Å². The molecule has 7 heteroatoms. The standard InChI is InChI=1S/C15H20N2O3S.ClH/c1-2-5-11(15(19)20)16-10-14(18)17-8-9-21-13-7-4-3-6-12(13)17;/h3-4,6-7,11,16H,2,5,8-10H2,1H3,(H,19,20);1H. The molecule has 1 atom stereocenters. The number of anilines is 1. The Hall–Kier alpha value is -1.24. The molecule has 0 fully saturated rings. The Morgan fingerprint density at radius 2 is 2.14 bits per heavy atom. The Balaban J connectivity index is 0.00000242. The molecule has 2 rings (SSSR count). The van der Waals surface area contributed by atoms with Crippen LogP contribution in [0, 0.1) is 0 Å². The fourth-order valence-electron chi connectivity index (χ4n) is 2.34. The summed E-state index contributed by atoms with van der Waals surface area (Å²) in [5, 5.41) is 11.9. The zero-order chi connectivity index (χ0) is 15.2. The van der Waals surface area contributed by atoms with Gasteiger partial charge in [-0.05, 0) is 18.6 Å². The van der Waals surface area contributed by atoms with Gasteiger partial charge in [0.25, 0.3) is 0 Å². The van der Waals surface area contributed by atoms with Gasteiger partial charge in [0.15, 0.2) is 0 Å². The van der Waals surface area contributed by atoms with Crippen molar-refractivity contribution < 1.29 is 14.7 Å². The number of hydrogen-bond donors (Lipinski definition) is 2. The molecule has 1 amide bonds. The van der Waals surface area contributed by atoms with Gasteiger partial charge in [0.2, 0.25) is 5.91 Å². The summed E-state index contributed by atoms with van der Waals surface area (Å²) >= 11 is 1.74. The van der Waals surface area contributed by atoms with Crippen molar-refractivity contribution in [2.24, 2.45) is 0 Å². The maximum absolute atomic E-state index is 12.4. The van der Waals surface area contributed by atoms with E-state index < -0.39 is 12.0 Å². The second-order valence-corrected chi connectivity index (χ2v) is 6.06. The van der Waals surface area contributed by atoms with Crippen molar-refractivity contribution in [3.05, 3.63) is 24.3 Å². The maximum Gasteiger partial charge on any atom is 0.320 e. The SMILES string of the molecule is CCCC(NCC(=O)N1CCSc2ccccc21)C(=O)O.Cl. The highest BCUT2D eigenvalue weighted by atomic mass is 35.5. The van der Waals surface area contributed by atoms with Crippen LogP contribution in [0.15, 0.2) is 29.2 Å². The number of hydrogen-bond acceptors (Lipinski definition) is 4. The smallest absolute Gasteiger partial charge is 0.320 e. The van der Waals surface area contributed by atoms with Gasteiger partial charge in [0, 0.05) is 17.2 Å². The summed E-state index contributed by atoms with van der Waals surface area (Å²) < 4.78 is 0. The van der Waals surface area contributed by atoms with Crippen LogP contribution >= 0.6 is 24.2 Å². The average Bonchev–Trinajstić information content (AvgIpc) is 2.50. The lowest BCUT2D eigenvalue weighted by Crippen LogP contribution is -2.46. The molecule has 22 heavy (non-hydrogen) atoms. The van der Waals surface area contributed by atoms with Crippen LogP contribution < -0.4 is 10.2 Å². The molecule has 1 unspecified atom stereocenters. The molecule has 2 N–H and O–H groups in total. The van der Waals surface area contributed by atoms with Gasteiger partial charge < -0.3 is 10.0 Å². The minimum absolute atomic E-state index is 0. The number of carboxylic acids is 1. The Bertz CT molecular complexity index is 527. The predicted octanol–water partition coefficient (Wildman–Crippen LogP) is 2.39. The Labute approximate surface area is 140 Å². The fraction of sp³-hybridized carbons (Fsp3) is 0.467. The van der Waals surface area contributed by atoms with E-state index in [1.807, 2.05) is 31.2 Å². The van der Waals surface area contributed by atoms with E-state index >= 15 is 0 Å². The van der Waals surface area contributed by atoms with Crippen LogP contribution in [0.25, 0.3) is 0 Å². The molecular weight excluding hydrogens is 324 g/mol. The third-order valence-corrected chi connectivity index (χ3v) is 4.45. The number of nitrogens with zero attached hydrogens (tertiary/aromatic N) is 1.